The molecule has 0 aromatic heterocycles. The lowest BCUT2D eigenvalue weighted by molar-refractivity contribution is -0.144. The van der Waals surface area contributed by atoms with Crippen LogP contribution < -0.4 is 0 Å². The minimum absolute atomic E-state index is 0.143. The fraction of sp³-hybridized carbons (Fsp3) is 0.143. The molecule has 0 radical (unpaired) electrons. The molecule has 1 aromatic carbocycles. The number of thioether (sulfide) groups is 1. The van der Waals surface area contributed by atoms with E-state index in [9.17, 15) is 14.4 Å². The molecule has 0 unspecified atom stereocenters. The van der Waals surface area contributed by atoms with Crippen LogP contribution in [0.1, 0.15) is 22.8 Å². The van der Waals surface area contributed by atoms with Crippen LogP contribution >= 0.6 is 24.0 Å². The van der Waals surface area contributed by atoms with Crippen LogP contribution in [0, 0.1) is 0 Å². The molecule has 0 spiro atoms. The third-order valence-corrected chi connectivity index (χ3v) is 4.35. The molecule has 1 heterocycles. The first kappa shape index (κ1) is 16.2. The first-order valence-corrected chi connectivity index (χ1v) is 7.37. The first-order valence-electron chi connectivity index (χ1n) is 6.14. The third kappa shape index (κ3) is 3.18. The molecule has 1 aromatic rings. The van der Waals surface area contributed by atoms with Crippen molar-refractivity contribution in [1.82, 2.24) is 4.90 Å². The van der Waals surface area contributed by atoms with Gasteiger partial charge in [0.2, 0.25) is 0 Å². The molecule has 0 aliphatic carbocycles. The molecule has 114 valence electrons. The summed E-state index contributed by atoms with van der Waals surface area (Å²) in [7, 11) is 0. The number of hydrogen-bond acceptors (Lipinski definition) is 5. The van der Waals surface area contributed by atoms with Crippen molar-refractivity contribution in [3.05, 3.63) is 40.3 Å². The maximum Gasteiger partial charge on any atom is 0.335 e. The zero-order valence-electron chi connectivity index (χ0n) is 11.3. The summed E-state index contributed by atoms with van der Waals surface area (Å²) in [5, 5.41) is 17.8. The molecule has 22 heavy (non-hydrogen) atoms. The molecule has 2 rings (SSSR count). The van der Waals surface area contributed by atoms with E-state index in [1.54, 1.807) is 18.2 Å². The average Bonchev–Trinajstić information content (AvgIpc) is 2.73. The highest BCUT2D eigenvalue weighted by molar-refractivity contribution is 8.26. The van der Waals surface area contributed by atoms with E-state index in [0.717, 1.165) is 16.7 Å². The van der Waals surface area contributed by atoms with Gasteiger partial charge in [-0.25, -0.2) is 9.59 Å². The molecule has 0 bridgehead atoms. The summed E-state index contributed by atoms with van der Waals surface area (Å²) in [6.07, 6.45) is 1.56. The maximum absolute atomic E-state index is 12.2. The number of aliphatic carboxylic acids is 1. The lowest BCUT2D eigenvalue weighted by atomic mass is 10.1. The molecule has 8 heteroatoms. The van der Waals surface area contributed by atoms with Crippen LogP contribution in [0.25, 0.3) is 6.08 Å². The van der Waals surface area contributed by atoms with E-state index >= 15 is 0 Å². The van der Waals surface area contributed by atoms with Crippen LogP contribution in [-0.2, 0) is 9.59 Å². The Kier molecular flexibility index (Phi) is 4.62. The Morgan fingerprint density at radius 3 is 2.36 bits per heavy atom. The van der Waals surface area contributed by atoms with Crippen molar-refractivity contribution in [2.24, 2.45) is 0 Å². The Balaban J connectivity index is 2.26. The fourth-order valence-corrected chi connectivity index (χ4v) is 3.22. The van der Waals surface area contributed by atoms with Gasteiger partial charge in [-0.1, -0.05) is 36.1 Å². The van der Waals surface area contributed by atoms with Gasteiger partial charge in [-0.3, -0.25) is 9.69 Å². The van der Waals surface area contributed by atoms with E-state index in [0.29, 0.717) is 10.5 Å². The summed E-state index contributed by atoms with van der Waals surface area (Å²) >= 11 is 6.07. The number of carbonyl (C=O) groups is 3. The molecule has 6 nitrogen and oxygen atoms in total. The van der Waals surface area contributed by atoms with E-state index < -0.39 is 23.9 Å². The molecule has 1 aliphatic rings. The van der Waals surface area contributed by atoms with E-state index in [2.05, 4.69) is 0 Å². The summed E-state index contributed by atoms with van der Waals surface area (Å²) in [5.74, 6) is -2.64. The van der Waals surface area contributed by atoms with Crippen LogP contribution in [-0.4, -0.2) is 43.3 Å². The minimum Gasteiger partial charge on any atom is -0.480 e. The summed E-state index contributed by atoms with van der Waals surface area (Å²) in [6, 6.07) is 4.95. The summed E-state index contributed by atoms with van der Waals surface area (Å²) in [6.45, 7) is 1.39. The molecule has 1 aliphatic heterocycles. The highest BCUT2D eigenvalue weighted by Crippen LogP contribution is 2.33. The number of rotatable bonds is 4. The second-order valence-corrected chi connectivity index (χ2v) is 6.17. The van der Waals surface area contributed by atoms with E-state index in [4.69, 9.17) is 22.4 Å². The van der Waals surface area contributed by atoms with Gasteiger partial charge in [0.1, 0.15) is 10.4 Å². The number of nitrogens with zero attached hydrogens (tertiary/aromatic N) is 1. The second-order valence-electron chi connectivity index (χ2n) is 4.49. The van der Waals surface area contributed by atoms with Gasteiger partial charge in [0, 0.05) is 0 Å². The van der Waals surface area contributed by atoms with Gasteiger partial charge in [0.25, 0.3) is 5.91 Å². The van der Waals surface area contributed by atoms with Gasteiger partial charge < -0.3 is 10.2 Å². The zero-order valence-corrected chi connectivity index (χ0v) is 13.0. The number of carboxylic acids is 2. The number of hydrogen-bond donors (Lipinski definition) is 2. The Labute approximate surface area is 135 Å². The largest absolute Gasteiger partial charge is 0.480 e. The summed E-state index contributed by atoms with van der Waals surface area (Å²) in [5.41, 5.74) is 0.776. The van der Waals surface area contributed by atoms with Crippen LogP contribution in [0.3, 0.4) is 0 Å². The molecule has 1 amide bonds. The molecule has 0 saturated carbocycles. The zero-order chi connectivity index (χ0) is 16.4. The van der Waals surface area contributed by atoms with Crippen LogP contribution in [0.4, 0.5) is 0 Å². The van der Waals surface area contributed by atoms with Gasteiger partial charge in [-0.15, -0.1) is 0 Å². The van der Waals surface area contributed by atoms with E-state index in [1.165, 1.54) is 19.1 Å². The molecular weight excluding hydrogens is 326 g/mol. The van der Waals surface area contributed by atoms with Crippen LogP contribution in [0.2, 0.25) is 0 Å². The molecule has 2 N–H and O–H groups in total. The van der Waals surface area contributed by atoms with Gasteiger partial charge in [-0.05, 0) is 30.7 Å². The van der Waals surface area contributed by atoms with Crippen LogP contribution in [0.5, 0.6) is 0 Å². The Morgan fingerprint density at radius 2 is 1.86 bits per heavy atom. The number of carbonyl (C=O) groups excluding carboxylic acids is 1. The Bertz CT molecular complexity index is 696. The topological polar surface area (TPSA) is 94.9 Å². The Morgan fingerprint density at radius 1 is 1.27 bits per heavy atom. The molecule has 1 atom stereocenters. The normalized spacial score (nSPS) is 17.9. The quantitative estimate of drug-likeness (QED) is 0.641. The predicted octanol–water partition coefficient (Wildman–Crippen LogP) is 2.06. The van der Waals surface area contributed by atoms with Gasteiger partial charge in [-0.2, -0.15) is 0 Å². The number of benzene rings is 1. The number of aromatic carboxylic acids is 1. The highest BCUT2D eigenvalue weighted by atomic mass is 32.2. The second kappa shape index (κ2) is 6.29. The van der Waals surface area contributed by atoms with Crippen molar-refractivity contribution >= 4 is 52.2 Å². The van der Waals surface area contributed by atoms with Crippen molar-refractivity contribution in [3.8, 4) is 0 Å². The Hall–Kier alpha value is -2.19. The first-order chi connectivity index (χ1) is 10.3. The molecule has 1 fully saturated rings. The van der Waals surface area contributed by atoms with Crippen molar-refractivity contribution < 1.29 is 24.6 Å². The predicted molar refractivity (Wildman–Crippen MR) is 85.5 cm³/mol. The third-order valence-electron chi connectivity index (χ3n) is 3.02. The smallest absolute Gasteiger partial charge is 0.335 e. The van der Waals surface area contributed by atoms with Gasteiger partial charge >= 0.3 is 11.9 Å². The SMILES string of the molecule is C[C@@H](C(=O)O)N1C(=O)/C(=C\c2ccc(C(=O)O)cc2)SC1=S. The lowest BCUT2D eigenvalue weighted by Gasteiger charge is -2.18. The minimum atomic E-state index is -1.14. The number of carboxylic acid groups (broad SMARTS) is 2. The van der Waals surface area contributed by atoms with E-state index in [1.807, 2.05) is 0 Å². The highest BCUT2D eigenvalue weighted by Gasteiger charge is 2.38. The lowest BCUT2D eigenvalue weighted by Crippen LogP contribution is -2.41. The summed E-state index contributed by atoms with van der Waals surface area (Å²) < 4.78 is 0.188. The maximum atomic E-state index is 12.2. The standard InChI is InChI=1S/C14H11NO5S2/c1-7(12(17)18)15-11(16)10(22-14(15)21)6-8-2-4-9(5-3-8)13(19)20/h2-7H,1H3,(H,17,18)(H,19,20)/b10-6+/t7-/m0/s1. The van der Waals surface area contributed by atoms with Crippen LogP contribution in [0.15, 0.2) is 29.2 Å². The average molecular weight is 337 g/mol. The van der Waals surface area contributed by atoms with E-state index in [-0.39, 0.29) is 9.88 Å². The van der Waals surface area contributed by atoms with Crippen molar-refractivity contribution in [2.75, 3.05) is 0 Å². The van der Waals surface area contributed by atoms with Crippen molar-refractivity contribution in [1.29, 1.82) is 0 Å². The van der Waals surface area contributed by atoms with Gasteiger partial charge in [0.15, 0.2) is 0 Å². The molecular formula is C14H11NO5S2. The van der Waals surface area contributed by atoms with Gasteiger partial charge in [0.05, 0.1) is 10.5 Å². The molecule has 1 saturated heterocycles. The monoisotopic (exact) mass is 337 g/mol. The summed E-state index contributed by atoms with van der Waals surface area (Å²) in [4.78, 5) is 35.4. The van der Waals surface area contributed by atoms with Crippen molar-refractivity contribution in [3.63, 3.8) is 0 Å². The fourth-order valence-electron chi connectivity index (χ4n) is 1.80. The van der Waals surface area contributed by atoms with Crippen molar-refractivity contribution in [2.45, 2.75) is 13.0 Å². The number of amides is 1. The number of thiocarbonyl (C=S) groups is 1.